The molecule has 0 saturated heterocycles. The molecule has 0 aliphatic carbocycles. The van der Waals surface area contributed by atoms with E-state index in [9.17, 15) is 4.79 Å². The molecule has 0 aliphatic rings. The van der Waals surface area contributed by atoms with Crippen LogP contribution in [0.15, 0.2) is 41.6 Å². The van der Waals surface area contributed by atoms with Crippen LogP contribution in [0.2, 0.25) is 0 Å². The molecule has 20 heavy (non-hydrogen) atoms. The summed E-state index contributed by atoms with van der Waals surface area (Å²) in [5.41, 5.74) is 2.96. The maximum Gasteiger partial charge on any atom is 0.220 e. The van der Waals surface area contributed by atoms with E-state index in [2.05, 4.69) is 16.2 Å². The normalized spacial score (nSPS) is 9.30. The molecule has 1 aromatic carbocycles. The van der Waals surface area contributed by atoms with Crippen molar-refractivity contribution >= 4 is 29.9 Å². The van der Waals surface area contributed by atoms with E-state index in [0.29, 0.717) is 6.54 Å². The molecular formula is C14H17N3OS2. The Hall–Kier alpha value is -1.66. The fourth-order valence-electron chi connectivity index (χ4n) is 1.45. The van der Waals surface area contributed by atoms with Crippen molar-refractivity contribution in [2.24, 2.45) is 0 Å². The van der Waals surface area contributed by atoms with E-state index >= 15 is 0 Å². The molecule has 0 saturated carbocycles. The van der Waals surface area contributed by atoms with Crippen molar-refractivity contribution in [3.8, 4) is 11.3 Å². The summed E-state index contributed by atoms with van der Waals surface area (Å²) in [5, 5.41) is 7.54. The number of carbonyl (C=O) groups is 1. The van der Waals surface area contributed by atoms with Gasteiger partial charge in [-0.2, -0.15) is 0 Å². The van der Waals surface area contributed by atoms with Gasteiger partial charge in [0.2, 0.25) is 6.41 Å². The van der Waals surface area contributed by atoms with E-state index in [1.807, 2.05) is 43.5 Å². The van der Waals surface area contributed by atoms with E-state index in [1.54, 1.807) is 9.71 Å². The van der Waals surface area contributed by atoms with Crippen LogP contribution in [0.4, 0.5) is 0 Å². The summed E-state index contributed by atoms with van der Waals surface area (Å²) in [6.45, 7) is 8.14. The quantitative estimate of drug-likeness (QED) is 0.598. The Morgan fingerprint density at radius 3 is 2.55 bits per heavy atom. The van der Waals surface area contributed by atoms with Crippen LogP contribution in [0.3, 0.4) is 0 Å². The highest BCUT2D eigenvalue weighted by Crippen LogP contribution is 2.20. The summed E-state index contributed by atoms with van der Waals surface area (Å²) >= 11 is 2.61. The Bertz CT molecular complexity index is 512. The zero-order chi connectivity index (χ0) is 14.8. The Morgan fingerprint density at radius 2 is 2.05 bits per heavy atom. The number of benzene rings is 1. The van der Waals surface area contributed by atoms with Crippen molar-refractivity contribution in [2.45, 2.75) is 20.4 Å². The molecule has 1 amide bonds. The van der Waals surface area contributed by atoms with Crippen LogP contribution in [0.25, 0.3) is 11.3 Å². The van der Waals surface area contributed by atoms with Crippen LogP contribution < -0.4 is 0 Å². The average Bonchev–Trinajstić information content (AvgIpc) is 3.04. The number of rotatable bonds is 6. The SMILES string of the molecule is C=CSN(C=O)Cc1ccc(-c2csnn2)cc1.CC. The molecule has 1 heterocycles. The molecule has 0 aliphatic heterocycles. The third kappa shape index (κ3) is 4.79. The number of carbonyl (C=O) groups excluding carboxylic acids is 1. The van der Waals surface area contributed by atoms with Gasteiger partial charge in [0.05, 0.1) is 6.54 Å². The number of nitrogens with zero attached hydrogens (tertiary/aromatic N) is 3. The van der Waals surface area contributed by atoms with Gasteiger partial charge in [-0.3, -0.25) is 9.10 Å². The third-order valence-electron chi connectivity index (χ3n) is 2.28. The smallest absolute Gasteiger partial charge is 0.220 e. The first kappa shape index (κ1) is 16.4. The van der Waals surface area contributed by atoms with Crippen molar-refractivity contribution in [3.05, 3.63) is 47.2 Å². The predicted octanol–water partition coefficient (Wildman–Crippen LogP) is 3.98. The Labute approximate surface area is 127 Å². The minimum absolute atomic E-state index is 0.551. The summed E-state index contributed by atoms with van der Waals surface area (Å²) < 4.78 is 5.41. The van der Waals surface area contributed by atoms with Crippen LogP contribution >= 0.6 is 23.5 Å². The van der Waals surface area contributed by atoms with Gasteiger partial charge in [0.1, 0.15) is 5.69 Å². The van der Waals surface area contributed by atoms with Gasteiger partial charge in [-0.1, -0.05) is 49.2 Å². The maximum absolute atomic E-state index is 10.8. The molecule has 0 atom stereocenters. The van der Waals surface area contributed by atoms with E-state index in [-0.39, 0.29) is 0 Å². The molecule has 2 aromatic rings. The molecule has 0 radical (unpaired) electrons. The fourth-order valence-corrected chi connectivity index (χ4v) is 2.38. The lowest BCUT2D eigenvalue weighted by Crippen LogP contribution is -2.11. The van der Waals surface area contributed by atoms with Gasteiger partial charge in [0.25, 0.3) is 0 Å². The molecule has 0 bridgehead atoms. The second-order valence-corrected chi connectivity index (χ2v) is 5.06. The summed E-state index contributed by atoms with van der Waals surface area (Å²) in [4.78, 5) is 10.8. The summed E-state index contributed by atoms with van der Waals surface area (Å²) in [7, 11) is 0. The van der Waals surface area contributed by atoms with Gasteiger partial charge in [0, 0.05) is 10.9 Å². The minimum Gasteiger partial charge on any atom is -0.281 e. The van der Waals surface area contributed by atoms with Crippen molar-refractivity contribution in [1.82, 2.24) is 13.9 Å². The summed E-state index contributed by atoms with van der Waals surface area (Å²) in [6.07, 6.45) is 0.796. The van der Waals surface area contributed by atoms with E-state index in [1.165, 1.54) is 23.5 Å². The van der Waals surface area contributed by atoms with E-state index < -0.39 is 0 Å². The lowest BCUT2D eigenvalue weighted by Gasteiger charge is -2.13. The van der Waals surface area contributed by atoms with Crippen molar-refractivity contribution in [1.29, 1.82) is 0 Å². The largest absolute Gasteiger partial charge is 0.281 e. The predicted molar refractivity (Wildman–Crippen MR) is 86.1 cm³/mol. The van der Waals surface area contributed by atoms with Crippen molar-refractivity contribution in [3.63, 3.8) is 0 Å². The van der Waals surface area contributed by atoms with Gasteiger partial charge >= 0.3 is 0 Å². The number of amides is 1. The van der Waals surface area contributed by atoms with E-state index in [0.717, 1.165) is 23.2 Å². The molecule has 2 rings (SSSR count). The Balaban J connectivity index is 0.000000956. The highest BCUT2D eigenvalue weighted by atomic mass is 32.2. The van der Waals surface area contributed by atoms with Crippen LogP contribution in [0.1, 0.15) is 19.4 Å². The molecule has 0 spiro atoms. The molecule has 106 valence electrons. The van der Waals surface area contributed by atoms with Gasteiger partial charge in [-0.25, -0.2) is 0 Å². The molecule has 4 nitrogen and oxygen atoms in total. The van der Waals surface area contributed by atoms with Gasteiger partial charge in [-0.05, 0) is 34.5 Å². The van der Waals surface area contributed by atoms with Crippen LogP contribution in [0, 0.1) is 0 Å². The molecular weight excluding hydrogens is 290 g/mol. The number of hydrogen-bond donors (Lipinski definition) is 0. The topological polar surface area (TPSA) is 46.1 Å². The average molecular weight is 307 g/mol. The van der Waals surface area contributed by atoms with Crippen LogP contribution in [-0.2, 0) is 11.3 Å². The maximum atomic E-state index is 10.8. The zero-order valence-corrected chi connectivity index (χ0v) is 13.2. The molecule has 0 fully saturated rings. The first-order valence-corrected chi connectivity index (χ1v) is 7.87. The Morgan fingerprint density at radius 1 is 1.35 bits per heavy atom. The zero-order valence-electron chi connectivity index (χ0n) is 11.5. The van der Waals surface area contributed by atoms with Gasteiger partial charge in [0.15, 0.2) is 0 Å². The summed E-state index contributed by atoms with van der Waals surface area (Å²) in [5.74, 6) is 0. The lowest BCUT2D eigenvalue weighted by molar-refractivity contribution is -0.114. The number of aromatic nitrogens is 2. The van der Waals surface area contributed by atoms with Crippen LogP contribution in [-0.4, -0.2) is 20.3 Å². The highest BCUT2D eigenvalue weighted by Gasteiger charge is 2.04. The Kier molecular flexibility index (Phi) is 7.60. The third-order valence-corrected chi connectivity index (χ3v) is 3.42. The molecule has 0 N–H and O–H groups in total. The van der Waals surface area contributed by atoms with Crippen molar-refractivity contribution in [2.75, 3.05) is 0 Å². The second-order valence-electron chi connectivity index (χ2n) is 3.44. The second kappa shape index (κ2) is 9.28. The summed E-state index contributed by atoms with van der Waals surface area (Å²) in [6, 6.07) is 7.92. The lowest BCUT2D eigenvalue weighted by atomic mass is 10.1. The van der Waals surface area contributed by atoms with Crippen LogP contribution in [0.5, 0.6) is 0 Å². The highest BCUT2D eigenvalue weighted by molar-refractivity contribution is 8.00. The minimum atomic E-state index is 0.551. The molecule has 0 unspecified atom stereocenters. The molecule has 1 aromatic heterocycles. The monoisotopic (exact) mass is 307 g/mol. The fraction of sp³-hybridized carbons (Fsp3) is 0.214. The number of hydrogen-bond acceptors (Lipinski definition) is 5. The van der Waals surface area contributed by atoms with Gasteiger partial charge in [-0.15, -0.1) is 5.10 Å². The first-order valence-electron chi connectivity index (χ1n) is 6.19. The standard InChI is InChI=1S/C12H11N3OS2.C2H6/c1-2-18-15(9-16)7-10-3-5-11(6-4-10)12-8-17-14-13-12;1-2/h2-6,8-9H,1,7H2;1-2H3. The van der Waals surface area contributed by atoms with Crippen molar-refractivity contribution < 1.29 is 4.79 Å². The molecule has 6 heteroatoms. The van der Waals surface area contributed by atoms with Gasteiger partial charge < -0.3 is 0 Å². The first-order chi connectivity index (χ1) is 9.83. The van der Waals surface area contributed by atoms with E-state index in [4.69, 9.17) is 0 Å².